The first kappa shape index (κ1) is 16.3. The highest BCUT2D eigenvalue weighted by atomic mass is 79.9. The molecule has 1 aromatic rings. The molecule has 0 saturated carbocycles. The Morgan fingerprint density at radius 3 is 2.21 bits per heavy atom. The minimum Gasteiger partial charge on any atom is -0.493 e. The van der Waals surface area contributed by atoms with E-state index in [1.165, 1.54) is 5.56 Å². The van der Waals surface area contributed by atoms with Crippen molar-refractivity contribution >= 4 is 15.9 Å². The van der Waals surface area contributed by atoms with Gasteiger partial charge in [0.1, 0.15) is 0 Å². The smallest absolute Gasteiger partial charge is 0.161 e. The second kappa shape index (κ2) is 7.75. The SMILES string of the molecule is CCC(NCc1cc(OC)c(OC)cc1Br)C(C)C. The van der Waals surface area contributed by atoms with Crippen LogP contribution in [-0.4, -0.2) is 20.3 Å². The molecule has 0 aliphatic carbocycles. The van der Waals surface area contributed by atoms with E-state index in [2.05, 4.69) is 42.0 Å². The summed E-state index contributed by atoms with van der Waals surface area (Å²) in [4.78, 5) is 0. The Hall–Kier alpha value is -0.740. The van der Waals surface area contributed by atoms with Crippen molar-refractivity contribution in [3.63, 3.8) is 0 Å². The number of ether oxygens (including phenoxy) is 2. The maximum atomic E-state index is 5.34. The molecule has 19 heavy (non-hydrogen) atoms. The summed E-state index contributed by atoms with van der Waals surface area (Å²) in [5.41, 5.74) is 1.18. The Kier molecular flexibility index (Phi) is 6.66. The number of halogens is 1. The summed E-state index contributed by atoms with van der Waals surface area (Å²) in [5.74, 6) is 2.14. The molecule has 0 aliphatic rings. The standard InChI is InChI=1S/C15H24BrNO2/c1-6-13(10(2)3)17-9-11-7-14(18-4)15(19-5)8-12(11)16/h7-8,10,13,17H,6,9H2,1-5H3. The molecule has 1 unspecified atom stereocenters. The zero-order valence-electron chi connectivity index (χ0n) is 12.4. The summed E-state index contributed by atoms with van der Waals surface area (Å²) in [6.45, 7) is 7.51. The van der Waals surface area contributed by atoms with Gasteiger partial charge in [0.25, 0.3) is 0 Å². The van der Waals surface area contributed by atoms with Crippen LogP contribution >= 0.6 is 15.9 Å². The van der Waals surface area contributed by atoms with E-state index in [1.807, 2.05) is 12.1 Å². The Morgan fingerprint density at radius 1 is 1.16 bits per heavy atom. The van der Waals surface area contributed by atoms with Gasteiger partial charge in [0.15, 0.2) is 11.5 Å². The van der Waals surface area contributed by atoms with Crippen molar-refractivity contribution in [2.24, 2.45) is 5.92 Å². The fraction of sp³-hybridized carbons (Fsp3) is 0.600. The lowest BCUT2D eigenvalue weighted by Gasteiger charge is -2.21. The topological polar surface area (TPSA) is 30.5 Å². The molecule has 1 atom stereocenters. The van der Waals surface area contributed by atoms with Crippen LogP contribution in [0.4, 0.5) is 0 Å². The van der Waals surface area contributed by atoms with Crippen molar-refractivity contribution in [3.8, 4) is 11.5 Å². The highest BCUT2D eigenvalue weighted by Crippen LogP contribution is 2.33. The minimum absolute atomic E-state index is 0.528. The van der Waals surface area contributed by atoms with Gasteiger partial charge < -0.3 is 14.8 Å². The van der Waals surface area contributed by atoms with Crippen molar-refractivity contribution in [1.82, 2.24) is 5.32 Å². The molecule has 0 radical (unpaired) electrons. The average molecular weight is 330 g/mol. The van der Waals surface area contributed by atoms with E-state index in [1.54, 1.807) is 14.2 Å². The molecule has 0 aromatic heterocycles. The third kappa shape index (κ3) is 4.39. The lowest BCUT2D eigenvalue weighted by atomic mass is 10.0. The molecule has 0 fully saturated rings. The van der Waals surface area contributed by atoms with Crippen LogP contribution in [0.15, 0.2) is 16.6 Å². The van der Waals surface area contributed by atoms with Crippen LogP contribution in [0.1, 0.15) is 32.8 Å². The van der Waals surface area contributed by atoms with E-state index in [9.17, 15) is 0 Å². The summed E-state index contributed by atoms with van der Waals surface area (Å²) >= 11 is 3.58. The highest BCUT2D eigenvalue weighted by Gasteiger charge is 2.13. The first-order valence-electron chi connectivity index (χ1n) is 6.67. The molecule has 0 bridgehead atoms. The van der Waals surface area contributed by atoms with E-state index >= 15 is 0 Å². The van der Waals surface area contributed by atoms with Gasteiger partial charge in [-0.1, -0.05) is 36.7 Å². The lowest BCUT2D eigenvalue weighted by Crippen LogP contribution is -2.32. The number of hydrogen-bond acceptors (Lipinski definition) is 3. The van der Waals surface area contributed by atoms with Crippen LogP contribution < -0.4 is 14.8 Å². The minimum atomic E-state index is 0.528. The van der Waals surface area contributed by atoms with Crippen molar-refractivity contribution < 1.29 is 9.47 Å². The van der Waals surface area contributed by atoms with Crippen LogP contribution in [0.5, 0.6) is 11.5 Å². The second-order valence-corrected chi connectivity index (χ2v) is 5.79. The van der Waals surface area contributed by atoms with E-state index < -0.39 is 0 Å². The second-order valence-electron chi connectivity index (χ2n) is 4.94. The van der Waals surface area contributed by atoms with Crippen LogP contribution in [0, 0.1) is 5.92 Å². The Labute approximate surface area is 124 Å². The van der Waals surface area contributed by atoms with Gasteiger partial charge in [-0.3, -0.25) is 0 Å². The maximum absolute atomic E-state index is 5.34. The Bertz CT molecular complexity index is 407. The highest BCUT2D eigenvalue weighted by molar-refractivity contribution is 9.10. The number of rotatable bonds is 7. The first-order chi connectivity index (χ1) is 9.03. The molecule has 0 spiro atoms. The molecular weight excluding hydrogens is 306 g/mol. The summed E-state index contributed by atoms with van der Waals surface area (Å²) < 4.78 is 11.7. The van der Waals surface area contributed by atoms with E-state index in [0.717, 1.165) is 28.9 Å². The molecule has 0 aliphatic heterocycles. The summed E-state index contributed by atoms with van der Waals surface area (Å²) in [6.07, 6.45) is 1.13. The van der Waals surface area contributed by atoms with E-state index in [4.69, 9.17) is 9.47 Å². The first-order valence-corrected chi connectivity index (χ1v) is 7.46. The molecule has 3 nitrogen and oxygen atoms in total. The fourth-order valence-corrected chi connectivity index (χ4v) is 2.59. The number of nitrogens with one attached hydrogen (secondary N) is 1. The quantitative estimate of drug-likeness (QED) is 0.820. The summed E-state index contributed by atoms with van der Waals surface area (Å²) in [6, 6.07) is 4.50. The van der Waals surface area contributed by atoms with Gasteiger partial charge in [-0.25, -0.2) is 0 Å². The maximum Gasteiger partial charge on any atom is 0.161 e. The van der Waals surface area contributed by atoms with Crippen LogP contribution in [0.2, 0.25) is 0 Å². The van der Waals surface area contributed by atoms with Crippen molar-refractivity contribution in [1.29, 1.82) is 0 Å². The number of benzene rings is 1. The van der Waals surface area contributed by atoms with Gasteiger partial charge in [-0.05, 0) is 30.0 Å². The van der Waals surface area contributed by atoms with Crippen LogP contribution in [-0.2, 0) is 6.54 Å². The van der Waals surface area contributed by atoms with E-state index in [0.29, 0.717) is 12.0 Å². The Balaban J connectivity index is 2.83. The molecule has 0 heterocycles. The zero-order chi connectivity index (χ0) is 14.4. The molecule has 0 amide bonds. The van der Waals surface area contributed by atoms with Gasteiger partial charge in [0.2, 0.25) is 0 Å². The largest absolute Gasteiger partial charge is 0.493 e. The summed E-state index contributed by atoms with van der Waals surface area (Å²) in [7, 11) is 3.31. The molecule has 4 heteroatoms. The molecule has 0 saturated heterocycles. The Morgan fingerprint density at radius 2 is 1.74 bits per heavy atom. The number of hydrogen-bond donors (Lipinski definition) is 1. The van der Waals surface area contributed by atoms with Gasteiger partial charge >= 0.3 is 0 Å². The molecule has 108 valence electrons. The zero-order valence-corrected chi connectivity index (χ0v) is 14.0. The van der Waals surface area contributed by atoms with Gasteiger partial charge in [-0.15, -0.1) is 0 Å². The van der Waals surface area contributed by atoms with Crippen molar-refractivity contribution in [2.75, 3.05) is 14.2 Å². The monoisotopic (exact) mass is 329 g/mol. The molecule has 1 N–H and O–H groups in total. The van der Waals surface area contributed by atoms with Gasteiger partial charge in [-0.2, -0.15) is 0 Å². The fourth-order valence-electron chi connectivity index (χ4n) is 2.12. The summed E-state index contributed by atoms with van der Waals surface area (Å²) in [5, 5.41) is 3.59. The van der Waals surface area contributed by atoms with Gasteiger partial charge in [0.05, 0.1) is 14.2 Å². The van der Waals surface area contributed by atoms with Crippen LogP contribution in [0.3, 0.4) is 0 Å². The third-order valence-corrected chi connectivity index (χ3v) is 4.09. The van der Waals surface area contributed by atoms with E-state index in [-0.39, 0.29) is 0 Å². The molecule has 1 aromatic carbocycles. The lowest BCUT2D eigenvalue weighted by molar-refractivity contribution is 0.353. The van der Waals surface area contributed by atoms with Crippen molar-refractivity contribution in [3.05, 3.63) is 22.2 Å². The third-order valence-electron chi connectivity index (χ3n) is 3.35. The normalized spacial score (nSPS) is 12.6. The predicted octanol–water partition coefficient (Wildman–Crippen LogP) is 3.99. The molecule has 1 rings (SSSR count). The number of methoxy groups -OCH3 is 2. The average Bonchev–Trinajstić information content (AvgIpc) is 2.40. The van der Waals surface area contributed by atoms with Crippen LogP contribution in [0.25, 0.3) is 0 Å². The van der Waals surface area contributed by atoms with Gasteiger partial charge in [0, 0.05) is 17.1 Å². The molecular formula is C15H24BrNO2. The predicted molar refractivity (Wildman–Crippen MR) is 83.0 cm³/mol. The van der Waals surface area contributed by atoms with Crippen molar-refractivity contribution in [2.45, 2.75) is 39.8 Å².